The number of rotatable bonds is 2. The molecule has 1 heterocycles. The molecule has 1 aliphatic rings. The quantitative estimate of drug-likeness (QED) is 0.709. The molecule has 74 valence electrons. The van der Waals surface area contributed by atoms with Crippen molar-refractivity contribution in [2.24, 2.45) is 5.73 Å². The highest BCUT2D eigenvalue weighted by Gasteiger charge is 2.38. The van der Waals surface area contributed by atoms with Crippen molar-refractivity contribution in [3.63, 3.8) is 0 Å². The maximum atomic E-state index is 12.0. The monoisotopic (exact) mass is 191 g/mol. The SMILES string of the molecule is NC1(C(=O)c2ccccc2)CCOC1. The van der Waals surface area contributed by atoms with Crippen LogP contribution in [0.4, 0.5) is 0 Å². The van der Waals surface area contributed by atoms with E-state index in [9.17, 15) is 4.79 Å². The van der Waals surface area contributed by atoms with Gasteiger partial charge in [0.1, 0.15) is 5.54 Å². The van der Waals surface area contributed by atoms with Gasteiger partial charge in [0.05, 0.1) is 6.61 Å². The van der Waals surface area contributed by atoms with Crippen LogP contribution in [0.1, 0.15) is 16.8 Å². The Bertz CT molecular complexity index is 328. The van der Waals surface area contributed by atoms with E-state index in [1.54, 1.807) is 12.1 Å². The first-order valence-electron chi connectivity index (χ1n) is 4.69. The highest BCUT2D eigenvalue weighted by molar-refractivity contribution is 6.03. The second-order valence-corrected chi connectivity index (χ2v) is 3.65. The molecule has 3 nitrogen and oxygen atoms in total. The van der Waals surface area contributed by atoms with Gasteiger partial charge in [0.2, 0.25) is 0 Å². The number of ketones is 1. The maximum absolute atomic E-state index is 12.0. The highest BCUT2D eigenvalue weighted by atomic mass is 16.5. The van der Waals surface area contributed by atoms with Crippen molar-refractivity contribution in [2.45, 2.75) is 12.0 Å². The van der Waals surface area contributed by atoms with E-state index in [4.69, 9.17) is 10.5 Å². The number of carbonyl (C=O) groups is 1. The lowest BCUT2D eigenvalue weighted by atomic mass is 9.90. The summed E-state index contributed by atoms with van der Waals surface area (Å²) in [7, 11) is 0. The Morgan fingerprint density at radius 2 is 2.07 bits per heavy atom. The first-order chi connectivity index (χ1) is 6.72. The van der Waals surface area contributed by atoms with E-state index in [-0.39, 0.29) is 5.78 Å². The van der Waals surface area contributed by atoms with Crippen LogP contribution in [0.3, 0.4) is 0 Å². The van der Waals surface area contributed by atoms with Crippen LogP contribution in [-0.4, -0.2) is 24.5 Å². The van der Waals surface area contributed by atoms with Gasteiger partial charge in [0.15, 0.2) is 5.78 Å². The average Bonchev–Trinajstić information content (AvgIpc) is 2.67. The fourth-order valence-electron chi connectivity index (χ4n) is 1.64. The molecule has 0 spiro atoms. The van der Waals surface area contributed by atoms with Crippen molar-refractivity contribution in [3.05, 3.63) is 35.9 Å². The molecule has 0 bridgehead atoms. The largest absolute Gasteiger partial charge is 0.379 e. The molecule has 0 radical (unpaired) electrons. The summed E-state index contributed by atoms with van der Waals surface area (Å²) in [6, 6.07) is 9.13. The van der Waals surface area contributed by atoms with E-state index < -0.39 is 5.54 Å². The van der Waals surface area contributed by atoms with E-state index in [1.807, 2.05) is 18.2 Å². The molecule has 1 atom stereocenters. The van der Waals surface area contributed by atoms with Gasteiger partial charge in [-0.15, -0.1) is 0 Å². The molecule has 1 fully saturated rings. The van der Waals surface area contributed by atoms with E-state index in [0.717, 1.165) is 0 Å². The van der Waals surface area contributed by atoms with E-state index in [1.165, 1.54) is 0 Å². The smallest absolute Gasteiger partial charge is 0.185 e. The number of Topliss-reactive ketones (excluding diaryl/α,β-unsaturated/α-hetero) is 1. The molecular weight excluding hydrogens is 178 g/mol. The Balaban J connectivity index is 2.24. The van der Waals surface area contributed by atoms with Crippen molar-refractivity contribution in [1.82, 2.24) is 0 Å². The Morgan fingerprint density at radius 3 is 2.64 bits per heavy atom. The zero-order chi connectivity index (χ0) is 10.0. The molecular formula is C11H13NO2. The third-order valence-corrected chi connectivity index (χ3v) is 2.54. The number of benzene rings is 1. The summed E-state index contributed by atoms with van der Waals surface area (Å²) < 4.78 is 5.16. The molecule has 14 heavy (non-hydrogen) atoms. The van der Waals surface area contributed by atoms with Crippen molar-refractivity contribution in [1.29, 1.82) is 0 Å². The van der Waals surface area contributed by atoms with E-state index in [2.05, 4.69) is 0 Å². The number of hydrogen-bond acceptors (Lipinski definition) is 3. The second-order valence-electron chi connectivity index (χ2n) is 3.65. The minimum absolute atomic E-state index is 0.0180. The molecule has 0 saturated carbocycles. The van der Waals surface area contributed by atoms with Gasteiger partial charge in [-0.25, -0.2) is 0 Å². The zero-order valence-electron chi connectivity index (χ0n) is 7.90. The van der Waals surface area contributed by atoms with Gasteiger partial charge in [-0.05, 0) is 6.42 Å². The molecule has 1 aromatic rings. The minimum atomic E-state index is -0.804. The number of nitrogens with two attached hydrogens (primary N) is 1. The molecule has 1 aliphatic heterocycles. The summed E-state index contributed by atoms with van der Waals surface area (Å²) in [4.78, 5) is 12.0. The van der Waals surface area contributed by atoms with Gasteiger partial charge in [-0.2, -0.15) is 0 Å². The van der Waals surface area contributed by atoms with Crippen LogP contribution in [0.5, 0.6) is 0 Å². The van der Waals surface area contributed by atoms with Crippen LogP contribution in [0.25, 0.3) is 0 Å². The molecule has 0 aromatic heterocycles. The maximum Gasteiger partial charge on any atom is 0.185 e. The van der Waals surface area contributed by atoms with Gasteiger partial charge in [0.25, 0.3) is 0 Å². The first kappa shape index (κ1) is 9.37. The van der Waals surface area contributed by atoms with Crippen molar-refractivity contribution < 1.29 is 9.53 Å². The minimum Gasteiger partial charge on any atom is -0.379 e. The van der Waals surface area contributed by atoms with Crippen LogP contribution in [-0.2, 0) is 4.74 Å². The standard InChI is InChI=1S/C11H13NO2/c12-11(6-7-14-8-11)10(13)9-4-2-1-3-5-9/h1-5H,6-8,12H2. The predicted molar refractivity (Wildman–Crippen MR) is 53.1 cm³/mol. The van der Waals surface area contributed by atoms with Gasteiger partial charge in [-0.3, -0.25) is 4.79 Å². The van der Waals surface area contributed by atoms with Gasteiger partial charge < -0.3 is 10.5 Å². The Labute approximate surface area is 82.9 Å². The normalized spacial score (nSPS) is 26.4. The third kappa shape index (κ3) is 1.56. The summed E-state index contributed by atoms with van der Waals surface area (Å²) in [5.41, 5.74) is 5.82. The highest BCUT2D eigenvalue weighted by Crippen LogP contribution is 2.20. The predicted octanol–water partition coefficient (Wildman–Crippen LogP) is 0.987. The molecule has 3 heteroatoms. The lowest BCUT2D eigenvalue weighted by Crippen LogP contribution is -2.48. The summed E-state index contributed by atoms with van der Waals surface area (Å²) in [5, 5.41) is 0. The third-order valence-electron chi connectivity index (χ3n) is 2.54. The number of carbonyl (C=O) groups excluding carboxylic acids is 1. The summed E-state index contributed by atoms with van der Waals surface area (Å²) >= 11 is 0. The van der Waals surface area contributed by atoms with Crippen molar-refractivity contribution >= 4 is 5.78 Å². The molecule has 1 saturated heterocycles. The van der Waals surface area contributed by atoms with Gasteiger partial charge >= 0.3 is 0 Å². The lowest BCUT2D eigenvalue weighted by molar-refractivity contribution is 0.0863. The second kappa shape index (κ2) is 3.52. The Morgan fingerprint density at radius 1 is 1.36 bits per heavy atom. The van der Waals surface area contributed by atoms with Crippen molar-refractivity contribution in [2.75, 3.05) is 13.2 Å². The van der Waals surface area contributed by atoms with Crippen LogP contribution >= 0.6 is 0 Å². The molecule has 2 rings (SSSR count). The van der Waals surface area contributed by atoms with Gasteiger partial charge in [0, 0.05) is 12.2 Å². The fourth-order valence-corrected chi connectivity index (χ4v) is 1.64. The molecule has 2 N–H and O–H groups in total. The molecule has 0 aliphatic carbocycles. The van der Waals surface area contributed by atoms with E-state index in [0.29, 0.717) is 25.2 Å². The van der Waals surface area contributed by atoms with Crippen molar-refractivity contribution in [3.8, 4) is 0 Å². The van der Waals surface area contributed by atoms with E-state index >= 15 is 0 Å². The molecule has 1 unspecified atom stereocenters. The van der Waals surface area contributed by atoms with Crippen LogP contribution in [0, 0.1) is 0 Å². The molecule has 0 amide bonds. The van der Waals surface area contributed by atoms with Crippen LogP contribution < -0.4 is 5.73 Å². The topological polar surface area (TPSA) is 52.3 Å². The number of hydrogen-bond donors (Lipinski definition) is 1. The summed E-state index contributed by atoms with van der Waals surface area (Å²) in [5.74, 6) is -0.0180. The van der Waals surface area contributed by atoms with Crippen LogP contribution in [0.2, 0.25) is 0 Å². The average molecular weight is 191 g/mol. The Kier molecular flexibility index (Phi) is 2.35. The molecule has 1 aromatic carbocycles. The lowest BCUT2D eigenvalue weighted by Gasteiger charge is -2.19. The van der Waals surface area contributed by atoms with Gasteiger partial charge in [-0.1, -0.05) is 30.3 Å². The van der Waals surface area contributed by atoms with Crippen LogP contribution in [0.15, 0.2) is 30.3 Å². The first-order valence-corrected chi connectivity index (χ1v) is 4.69. The summed E-state index contributed by atoms with van der Waals surface area (Å²) in [6.07, 6.45) is 0.612. The Hall–Kier alpha value is -1.19. The number of ether oxygens (including phenoxy) is 1. The fraction of sp³-hybridized carbons (Fsp3) is 0.364. The zero-order valence-corrected chi connectivity index (χ0v) is 7.90. The summed E-state index contributed by atoms with van der Waals surface area (Å²) in [6.45, 7) is 0.913.